The van der Waals surface area contributed by atoms with Gasteiger partial charge in [-0.15, -0.1) is 11.3 Å². The van der Waals surface area contributed by atoms with Crippen LogP contribution in [-0.4, -0.2) is 37.7 Å². The van der Waals surface area contributed by atoms with Crippen molar-refractivity contribution in [2.75, 3.05) is 25.1 Å². The van der Waals surface area contributed by atoms with Crippen molar-refractivity contribution in [3.8, 4) is 5.75 Å². The second-order valence-electron chi connectivity index (χ2n) is 7.56. The molecule has 1 heterocycles. The molecule has 0 fully saturated rings. The minimum absolute atomic E-state index is 0.263. The van der Waals surface area contributed by atoms with Crippen molar-refractivity contribution in [1.29, 1.82) is 0 Å². The Morgan fingerprint density at radius 2 is 1.81 bits per heavy atom. The number of carbonyl (C=O) groups excluding carboxylic acids is 3. The summed E-state index contributed by atoms with van der Waals surface area (Å²) in [6.45, 7) is 1.29. The summed E-state index contributed by atoms with van der Waals surface area (Å²) in [6, 6.07) is 5.82. The normalized spacial score (nSPS) is 14.0. The van der Waals surface area contributed by atoms with Gasteiger partial charge >= 0.3 is 11.9 Å². The lowest BCUT2D eigenvalue weighted by Gasteiger charge is -2.10. The van der Waals surface area contributed by atoms with Crippen LogP contribution in [0.4, 0.5) is 5.00 Å². The molecule has 0 aliphatic heterocycles. The molecule has 0 spiro atoms. The van der Waals surface area contributed by atoms with E-state index in [4.69, 9.17) is 14.2 Å². The van der Waals surface area contributed by atoms with E-state index in [1.165, 1.54) is 22.5 Å². The molecule has 2 aromatic rings. The highest BCUT2D eigenvalue weighted by atomic mass is 32.1. The Bertz CT molecular complexity index is 1010. The Morgan fingerprint density at radius 3 is 2.65 bits per heavy atom. The van der Waals surface area contributed by atoms with Crippen molar-refractivity contribution in [2.24, 2.45) is 0 Å². The Morgan fingerprint density at radius 1 is 1.00 bits per heavy atom. The van der Waals surface area contributed by atoms with E-state index in [9.17, 15) is 14.4 Å². The number of thiophene rings is 1. The highest BCUT2D eigenvalue weighted by Gasteiger charge is 2.28. The highest BCUT2D eigenvalue weighted by Crippen LogP contribution is 2.39. The quantitative estimate of drug-likeness (QED) is 0.629. The maximum atomic E-state index is 12.4. The molecule has 1 aromatic carbocycles. The fourth-order valence-corrected chi connectivity index (χ4v) is 5.34. The molecule has 8 heteroatoms. The van der Waals surface area contributed by atoms with E-state index in [1.807, 2.05) is 18.2 Å². The lowest BCUT2D eigenvalue weighted by atomic mass is 10.1. The molecule has 0 radical (unpaired) electrons. The first-order valence-electron chi connectivity index (χ1n) is 10.6. The van der Waals surface area contributed by atoms with E-state index < -0.39 is 24.5 Å². The van der Waals surface area contributed by atoms with Gasteiger partial charge in [0.15, 0.2) is 13.2 Å². The number of aryl methyl sites for hydroxylation is 3. The number of carbonyl (C=O) groups is 3. The number of hydrogen-bond donors (Lipinski definition) is 1. The summed E-state index contributed by atoms with van der Waals surface area (Å²) >= 11 is 1.38. The van der Waals surface area contributed by atoms with Gasteiger partial charge in [-0.1, -0.05) is 6.07 Å². The number of ether oxygens (including phenoxy) is 3. The third-order valence-corrected chi connectivity index (χ3v) is 6.65. The van der Waals surface area contributed by atoms with Gasteiger partial charge in [-0.25, -0.2) is 9.59 Å². The van der Waals surface area contributed by atoms with E-state index in [-0.39, 0.29) is 13.2 Å². The van der Waals surface area contributed by atoms with E-state index in [2.05, 4.69) is 5.32 Å². The molecule has 31 heavy (non-hydrogen) atoms. The molecule has 0 bridgehead atoms. The first kappa shape index (κ1) is 21.4. The van der Waals surface area contributed by atoms with Crippen molar-refractivity contribution < 1.29 is 28.6 Å². The Labute approximate surface area is 184 Å². The van der Waals surface area contributed by atoms with Crippen LogP contribution in [0.5, 0.6) is 5.75 Å². The van der Waals surface area contributed by atoms with Crippen LogP contribution in [0, 0.1) is 0 Å². The van der Waals surface area contributed by atoms with Gasteiger partial charge in [0, 0.05) is 4.88 Å². The largest absolute Gasteiger partial charge is 0.482 e. The van der Waals surface area contributed by atoms with Crippen LogP contribution >= 0.6 is 11.3 Å². The molecule has 2 aliphatic carbocycles. The van der Waals surface area contributed by atoms with Crippen LogP contribution in [0.25, 0.3) is 0 Å². The minimum atomic E-state index is -0.630. The molecule has 164 valence electrons. The third kappa shape index (κ3) is 4.90. The molecule has 1 aromatic heterocycles. The Kier molecular flexibility index (Phi) is 6.56. The zero-order chi connectivity index (χ0) is 21.8. The van der Waals surface area contributed by atoms with Gasteiger partial charge in [0.1, 0.15) is 10.8 Å². The van der Waals surface area contributed by atoms with Gasteiger partial charge < -0.3 is 19.5 Å². The molecule has 1 amide bonds. The summed E-state index contributed by atoms with van der Waals surface area (Å²) in [6.07, 6.45) is 5.92. The van der Waals surface area contributed by atoms with Crippen LogP contribution in [0.15, 0.2) is 18.2 Å². The number of benzene rings is 1. The second-order valence-corrected chi connectivity index (χ2v) is 8.67. The molecule has 2 aliphatic rings. The summed E-state index contributed by atoms with van der Waals surface area (Å²) < 4.78 is 15.7. The average Bonchev–Trinajstić information content (AvgIpc) is 3.46. The van der Waals surface area contributed by atoms with Crippen LogP contribution in [0.1, 0.15) is 51.7 Å². The maximum Gasteiger partial charge on any atom is 0.344 e. The molecule has 0 saturated carbocycles. The minimum Gasteiger partial charge on any atom is -0.482 e. The van der Waals surface area contributed by atoms with Gasteiger partial charge in [0.2, 0.25) is 0 Å². The van der Waals surface area contributed by atoms with Gasteiger partial charge in [-0.2, -0.15) is 0 Å². The maximum absolute atomic E-state index is 12.4. The molecule has 0 atom stereocenters. The fourth-order valence-electron chi connectivity index (χ4n) is 4.04. The topological polar surface area (TPSA) is 90.9 Å². The van der Waals surface area contributed by atoms with Gasteiger partial charge in [-0.05, 0) is 74.3 Å². The second kappa shape index (κ2) is 9.51. The number of hydrogen-bond acceptors (Lipinski definition) is 7. The number of rotatable bonds is 8. The van der Waals surface area contributed by atoms with E-state index >= 15 is 0 Å². The summed E-state index contributed by atoms with van der Waals surface area (Å²) in [5.74, 6) is -0.947. The van der Waals surface area contributed by atoms with Crippen LogP contribution in [0.3, 0.4) is 0 Å². The van der Waals surface area contributed by atoms with E-state index in [1.54, 1.807) is 6.92 Å². The van der Waals surface area contributed by atoms with Crippen molar-refractivity contribution in [3.63, 3.8) is 0 Å². The van der Waals surface area contributed by atoms with Crippen LogP contribution < -0.4 is 10.1 Å². The first-order chi connectivity index (χ1) is 15.0. The average molecular weight is 444 g/mol. The summed E-state index contributed by atoms with van der Waals surface area (Å²) in [4.78, 5) is 37.7. The monoisotopic (exact) mass is 443 g/mol. The van der Waals surface area contributed by atoms with Crippen molar-refractivity contribution in [2.45, 2.75) is 45.4 Å². The Hall–Kier alpha value is -2.87. The number of anilines is 1. The van der Waals surface area contributed by atoms with Crippen molar-refractivity contribution in [1.82, 2.24) is 0 Å². The van der Waals surface area contributed by atoms with Crippen LogP contribution in [-0.2, 0) is 44.7 Å². The molecular weight excluding hydrogens is 418 g/mol. The Balaban J connectivity index is 1.28. The molecule has 0 saturated heterocycles. The zero-order valence-electron chi connectivity index (χ0n) is 17.5. The predicted octanol–water partition coefficient (Wildman–Crippen LogP) is 3.46. The number of esters is 2. The lowest BCUT2D eigenvalue weighted by molar-refractivity contribution is -0.149. The summed E-state index contributed by atoms with van der Waals surface area (Å²) in [7, 11) is 0. The van der Waals surface area contributed by atoms with Gasteiger partial charge in [0.05, 0.1) is 12.2 Å². The van der Waals surface area contributed by atoms with Gasteiger partial charge in [-0.3, -0.25) is 4.79 Å². The smallest absolute Gasteiger partial charge is 0.344 e. The summed E-state index contributed by atoms with van der Waals surface area (Å²) in [5, 5.41) is 3.15. The van der Waals surface area contributed by atoms with Crippen molar-refractivity contribution in [3.05, 3.63) is 45.3 Å². The third-order valence-electron chi connectivity index (χ3n) is 5.44. The van der Waals surface area contributed by atoms with E-state index in [0.29, 0.717) is 16.3 Å². The first-order valence-corrected chi connectivity index (χ1v) is 11.4. The highest BCUT2D eigenvalue weighted by molar-refractivity contribution is 7.17. The fraction of sp³-hybridized carbons (Fsp3) is 0.435. The number of fused-ring (bicyclic) bond motifs is 2. The molecular formula is C23H25NO6S. The molecule has 4 rings (SSSR count). The standard InChI is InChI=1S/C23H25NO6S/c1-2-28-23(27)21-17-7-4-8-18(17)31-22(21)24-19(25)12-30-20(26)13-29-16-10-9-14-5-3-6-15(14)11-16/h9-11H,2-8,12-13H2,1H3,(H,24,25). The van der Waals surface area contributed by atoms with Crippen LogP contribution in [0.2, 0.25) is 0 Å². The van der Waals surface area contributed by atoms with E-state index in [0.717, 1.165) is 49.0 Å². The van der Waals surface area contributed by atoms with Gasteiger partial charge in [0.25, 0.3) is 5.91 Å². The predicted molar refractivity (Wildman–Crippen MR) is 116 cm³/mol. The SMILES string of the molecule is CCOC(=O)c1c(NC(=O)COC(=O)COc2ccc3c(c2)CCC3)sc2c1CCC2. The molecule has 7 nitrogen and oxygen atoms in total. The summed E-state index contributed by atoms with van der Waals surface area (Å²) in [5.41, 5.74) is 3.97. The zero-order valence-corrected chi connectivity index (χ0v) is 18.3. The molecule has 0 unspecified atom stereocenters. The number of nitrogens with one attached hydrogen (secondary N) is 1. The van der Waals surface area contributed by atoms with Crippen molar-refractivity contribution >= 4 is 34.2 Å². The molecule has 1 N–H and O–H groups in total. The number of amides is 1. The lowest BCUT2D eigenvalue weighted by Crippen LogP contribution is -2.24.